The van der Waals surface area contributed by atoms with E-state index >= 15 is 0 Å². The SMILES string of the molecule is OC(c1ccsc1)c1ccc(Cl)c2cccnc12. The molecule has 2 heterocycles. The molecule has 2 aromatic heterocycles. The molecule has 0 aliphatic rings. The van der Waals surface area contributed by atoms with Gasteiger partial charge >= 0.3 is 0 Å². The first-order chi connectivity index (χ1) is 8.77. The fraction of sp³-hybridized carbons (Fsp3) is 0.0714. The lowest BCUT2D eigenvalue weighted by molar-refractivity contribution is 0.222. The maximum absolute atomic E-state index is 10.4. The molecule has 0 amide bonds. The van der Waals surface area contributed by atoms with Gasteiger partial charge in [0, 0.05) is 22.2 Å². The molecule has 0 spiro atoms. The molecule has 1 unspecified atom stereocenters. The van der Waals surface area contributed by atoms with Crippen molar-refractivity contribution in [2.45, 2.75) is 6.10 Å². The van der Waals surface area contributed by atoms with E-state index in [4.69, 9.17) is 11.6 Å². The van der Waals surface area contributed by atoms with Gasteiger partial charge in [0.15, 0.2) is 0 Å². The Labute approximate surface area is 113 Å². The Hall–Kier alpha value is -1.42. The summed E-state index contributed by atoms with van der Waals surface area (Å²) in [5, 5.41) is 15.8. The summed E-state index contributed by atoms with van der Waals surface area (Å²) in [5.74, 6) is 0. The number of nitrogens with zero attached hydrogens (tertiary/aromatic N) is 1. The van der Waals surface area contributed by atoms with Crippen molar-refractivity contribution in [2.75, 3.05) is 0 Å². The van der Waals surface area contributed by atoms with Crippen molar-refractivity contribution < 1.29 is 5.11 Å². The van der Waals surface area contributed by atoms with Crippen LogP contribution in [-0.4, -0.2) is 10.1 Å². The second-order valence-corrected chi connectivity index (χ2v) is 5.18. The number of fused-ring (bicyclic) bond motifs is 1. The molecule has 0 aliphatic heterocycles. The predicted octanol–water partition coefficient (Wildman–Crippen LogP) is 4.03. The Morgan fingerprint density at radius 2 is 2.11 bits per heavy atom. The summed E-state index contributed by atoms with van der Waals surface area (Å²) in [5.41, 5.74) is 2.42. The number of aliphatic hydroxyl groups excluding tert-OH is 1. The maximum Gasteiger partial charge on any atom is 0.107 e. The quantitative estimate of drug-likeness (QED) is 0.766. The first-order valence-electron chi connectivity index (χ1n) is 5.50. The second-order valence-electron chi connectivity index (χ2n) is 4.00. The van der Waals surface area contributed by atoms with E-state index in [1.54, 1.807) is 23.6 Å². The molecule has 90 valence electrons. The molecular formula is C14H10ClNOS. The van der Waals surface area contributed by atoms with Gasteiger partial charge in [-0.25, -0.2) is 0 Å². The summed E-state index contributed by atoms with van der Waals surface area (Å²) in [6.07, 6.45) is 1.05. The molecular weight excluding hydrogens is 266 g/mol. The summed E-state index contributed by atoms with van der Waals surface area (Å²) in [7, 11) is 0. The lowest BCUT2D eigenvalue weighted by Crippen LogP contribution is -2.00. The highest BCUT2D eigenvalue weighted by molar-refractivity contribution is 7.08. The third-order valence-electron chi connectivity index (χ3n) is 2.90. The average Bonchev–Trinajstić information content (AvgIpc) is 2.93. The minimum Gasteiger partial charge on any atom is -0.384 e. The first kappa shape index (κ1) is 11.7. The van der Waals surface area contributed by atoms with Gasteiger partial charge in [-0.3, -0.25) is 4.98 Å². The molecule has 3 aromatic rings. The van der Waals surface area contributed by atoms with Crippen LogP contribution in [0.2, 0.25) is 5.02 Å². The van der Waals surface area contributed by atoms with Crippen LogP contribution in [0.4, 0.5) is 0 Å². The van der Waals surface area contributed by atoms with Gasteiger partial charge in [-0.2, -0.15) is 11.3 Å². The summed E-state index contributed by atoms with van der Waals surface area (Å²) >= 11 is 7.70. The number of pyridine rings is 1. The fourth-order valence-corrected chi connectivity index (χ4v) is 2.88. The number of benzene rings is 1. The Morgan fingerprint density at radius 1 is 1.22 bits per heavy atom. The lowest BCUT2D eigenvalue weighted by atomic mass is 10.0. The molecule has 0 radical (unpaired) electrons. The fourth-order valence-electron chi connectivity index (χ4n) is 1.99. The van der Waals surface area contributed by atoms with Gasteiger partial charge in [0.25, 0.3) is 0 Å². The van der Waals surface area contributed by atoms with E-state index in [2.05, 4.69) is 4.98 Å². The van der Waals surface area contributed by atoms with E-state index in [0.29, 0.717) is 5.02 Å². The standard InChI is InChI=1S/C14H10ClNOS/c15-12-4-3-11(13-10(12)2-1-6-16-13)14(17)9-5-7-18-8-9/h1-8,14,17H. The number of hydrogen-bond acceptors (Lipinski definition) is 3. The van der Waals surface area contributed by atoms with E-state index < -0.39 is 6.10 Å². The molecule has 0 saturated heterocycles. The summed E-state index contributed by atoms with van der Waals surface area (Å²) < 4.78 is 0. The number of halogens is 1. The highest BCUT2D eigenvalue weighted by atomic mass is 35.5. The highest BCUT2D eigenvalue weighted by Gasteiger charge is 2.15. The highest BCUT2D eigenvalue weighted by Crippen LogP contribution is 2.32. The van der Waals surface area contributed by atoms with Crippen LogP contribution in [-0.2, 0) is 0 Å². The third-order valence-corrected chi connectivity index (χ3v) is 3.93. The topological polar surface area (TPSA) is 33.1 Å². The van der Waals surface area contributed by atoms with Gasteiger partial charge in [-0.1, -0.05) is 17.7 Å². The van der Waals surface area contributed by atoms with Crippen molar-refractivity contribution in [1.82, 2.24) is 4.98 Å². The van der Waals surface area contributed by atoms with Crippen LogP contribution in [0.15, 0.2) is 47.3 Å². The molecule has 3 rings (SSSR count). The van der Waals surface area contributed by atoms with Gasteiger partial charge in [-0.05, 0) is 40.6 Å². The molecule has 1 atom stereocenters. The number of aromatic nitrogens is 1. The van der Waals surface area contributed by atoms with E-state index in [-0.39, 0.29) is 0 Å². The summed E-state index contributed by atoms with van der Waals surface area (Å²) in [6, 6.07) is 9.30. The smallest absolute Gasteiger partial charge is 0.107 e. The van der Waals surface area contributed by atoms with Crippen molar-refractivity contribution in [2.24, 2.45) is 0 Å². The van der Waals surface area contributed by atoms with Gasteiger partial charge in [-0.15, -0.1) is 0 Å². The molecule has 0 saturated carbocycles. The average molecular weight is 276 g/mol. The van der Waals surface area contributed by atoms with Crippen molar-refractivity contribution >= 4 is 33.8 Å². The second kappa shape index (κ2) is 4.69. The molecule has 2 nitrogen and oxygen atoms in total. The maximum atomic E-state index is 10.4. The van der Waals surface area contributed by atoms with Crippen LogP contribution < -0.4 is 0 Å². The zero-order chi connectivity index (χ0) is 12.5. The normalized spacial score (nSPS) is 12.8. The van der Waals surface area contributed by atoms with Crippen molar-refractivity contribution in [3.63, 3.8) is 0 Å². The van der Waals surface area contributed by atoms with Crippen LogP contribution in [0.1, 0.15) is 17.2 Å². The van der Waals surface area contributed by atoms with Crippen LogP contribution >= 0.6 is 22.9 Å². The Balaban J connectivity index is 2.21. The van der Waals surface area contributed by atoms with Gasteiger partial charge in [0.1, 0.15) is 6.10 Å². The van der Waals surface area contributed by atoms with Gasteiger partial charge < -0.3 is 5.11 Å². The first-order valence-corrected chi connectivity index (χ1v) is 6.83. The monoisotopic (exact) mass is 275 g/mol. The van der Waals surface area contributed by atoms with Crippen LogP contribution in [0.25, 0.3) is 10.9 Å². The summed E-state index contributed by atoms with van der Waals surface area (Å²) in [6.45, 7) is 0. The number of aliphatic hydroxyl groups is 1. The van der Waals surface area contributed by atoms with Crippen LogP contribution in [0.3, 0.4) is 0 Å². The lowest BCUT2D eigenvalue weighted by Gasteiger charge is -2.12. The minimum atomic E-state index is -0.661. The van der Waals surface area contributed by atoms with E-state index in [1.165, 1.54) is 0 Å². The zero-order valence-corrected chi connectivity index (χ0v) is 10.9. The molecule has 1 N–H and O–H groups in total. The number of rotatable bonds is 2. The van der Waals surface area contributed by atoms with Crippen LogP contribution in [0.5, 0.6) is 0 Å². The molecule has 18 heavy (non-hydrogen) atoms. The molecule has 4 heteroatoms. The van der Waals surface area contributed by atoms with E-state index in [1.807, 2.05) is 35.0 Å². The number of thiophene rings is 1. The van der Waals surface area contributed by atoms with E-state index in [9.17, 15) is 5.11 Å². The summed E-state index contributed by atoms with van der Waals surface area (Å²) in [4.78, 5) is 4.33. The zero-order valence-electron chi connectivity index (χ0n) is 9.38. The van der Waals surface area contributed by atoms with Crippen molar-refractivity contribution in [3.05, 3.63) is 63.4 Å². The molecule has 0 bridgehead atoms. The van der Waals surface area contributed by atoms with Crippen molar-refractivity contribution in [1.29, 1.82) is 0 Å². The molecule has 0 fully saturated rings. The van der Waals surface area contributed by atoms with E-state index in [0.717, 1.165) is 22.0 Å². The van der Waals surface area contributed by atoms with Gasteiger partial charge in [0.05, 0.1) is 5.52 Å². The van der Waals surface area contributed by atoms with Crippen molar-refractivity contribution in [3.8, 4) is 0 Å². The minimum absolute atomic E-state index is 0.652. The van der Waals surface area contributed by atoms with Crippen LogP contribution in [0, 0.1) is 0 Å². The third kappa shape index (κ3) is 1.90. The molecule has 1 aromatic carbocycles. The number of hydrogen-bond donors (Lipinski definition) is 1. The molecule has 0 aliphatic carbocycles. The largest absolute Gasteiger partial charge is 0.384 e. The Morgan fingerprint density at radius 3 is 2.89 bits per heavy atom. The van der Waals surface area contributed by atoms with Gasteiger partial charge in [0.2, 0.25) is 0 Å². The Bertz CT molecular complexity index is 681. The predicted molar refractivity (Wildman–Crippen MR) is 75.1 cm³/mol. The Kier molecular flexibility index (Phi) is 3.04.